The first-order valence-corrected chi connectivity index (χ1v) is 2.39. The maximum absolute atomic E-state index is 7.45. The normalized spacial score (nSPS) is 23.6. The molecule has 1 aromatic rings. The zero-order chi connectivity index (χ0) is 14.3. The molecule has 2 N–H and O–H groups in total. The first kappa shape index (κ1) is 1.87. The molecule has 0 radical (unpaired) electrons. The minimum Gasteiger partial charge on any atom is -0.478 e. The number of anilines is 1. The summed E-state index contributed by atoms with van der Waals surface area (Å²) in [7, 11) is 0. The first-order chi connectivity index (χ1) is 7.97. The lowest BCUT2D eigenvalue weighted by atomic mass is 10.4. The summed E-state index contributed by atoms with van der Waals surface area (Å²) in [5, 5.41) is 0. The Morgan fingerprint density at radius 1 is 2.10 bits per heavy atom. The molecule has 0 aliphatic rings. The molecule has 0 amide bonds. The smallest absolute Gasteiger partial charge is 0.215 e. The van der Waals surface area contributed by atoms with Crippen LogP contribution in [0, 0.1) is 0 Å². The molecule has 54 valence electrons. The minimum absolute atomic E-state index is 0.425. The van der Waals surface area contributed by atoms with E-state index in [4.69, 9.17) is 16.7 Å². The van der Waals surface area contributed by atoms with Crippen molar-refractivity contribution in [3.63, 3.8) is 0 Å². The number of pyridine rings is 1. The van der Waals surface area contributed by atoms with Gasteiger partial charge < -0.3 is 10.5 Å². The molecule has 1 aromatic heterocycles. The molecular formula is C7H10N2O. The third kappa shape index (κ3) is 1.62. The number of ether oxygens (including phenoxy) is 1. The van der Waals surface area contributed by atoms with E-state index < -0.39 is 43.2 Å². The molecule has 0 unspecified atom stereocenters. The van der Waals surface area contributed by atoms with E-state index in [2.05, 4.69) is 9.72 Å². The molecule has 0 aromatic carbocycles. The molecule has 10 heavy (non-hydrogen) atoms. The van der Waals surface area contributed by atoms with Crippen LogP contribution in [-0.4, -0.2) is 11.5 Å². The summed E-state index contributed by atoms with van der Waals surface area (Å²) in [6, 6.07) is -1.12. The van der Waals surface area contributed by atoms with Crippen LogP contribution in [0.4, 0.5) is 5.69 Å². The summed E-state index contributed by atoms with van der Waals surface area (Å²) in [5.41, 5.74) is 4.91. The fourth-order valence-electron chi connectivity index (χ4n) is 0.410. The van der Waals surface area contributed by atoms with Gasteiger partial charge in [-0.2, -0.15) is 0 Å². The van der Waals surface area contributed by atoms with Crippen molar-refractivity contribution in [2.45, 2.75) is 6.85 Å². The molecule has 0 aliphatic carbocycles. The maximum atomic E-state index is 7.45. The van der Waals surface area contributed by atoms with Crippen molar-refractivity contribution < 1.29 is 15.7 Å². The fraction of sp³-hybridized carbons (Fsp3) is 0.286. The molecular weight excluding hydrogens is 128 g/mol. The van der Waals surface area contributed by atoms with E-state index in [1.54, 1.807) is 0 Å². The topological polar surface area (TPSA) is 48.1 Å². The number of rotatable bonds is 2. The summed E-state index contributed by atoms with van der Waals surface area (Å²) >= 11 is 0. The summed E-state index contributed by atoms with van der Waals surface area (Å²) in [5.74, 6) is -0.727. The van der Waals surface area contributed by atoms with Crippen LogP contribution >= 0.6 is 0 Å². The molecule has 0 aliphatic heterocycles. The maximum Gasteiger partial charge on any atom is 0.215 e. The highest BCUT2D eigenvalue weighted by molar-refractivity contribution is 5.39. The van der Waals surface area contributed by atoms with Crippen molar-refractivity contribution in [1.82, 2.24) is 4.98 Å². The standard InChI is InChI=1S/C7H10N2O/c1-2-10-7-5-6(8)3-4-9-7/h3-5H,2H2,1H3,(H2,8,9)/i1D3,2D2,3D,4D,5D. The Balaban J connectivity index is 3.22. The first-order valence-electron chi connectivity index (χ1n) is 6.39. The number of nitrogen functional groups attached to an aromatic ring is 1. The van der Waals surface area contributed by atoms with Gasteiger partial charge in [-0.05, 0) is 12.9 Å². The molecule has 3 nitrogen and oxygen atoms in total. The van der Waals surface area contributed by atoms with Crippen molar-refractivity contribution in [3.8, 4) is 5.88 Å². The number of hydrogen-bond acceptors (Lipinski definition) is 3. The van der Waals surface area contributed by atoms with Crippen LogP contribution in [0.25, 0.3) is 0 Å². The predicted molar refractivity (Wildman–Crippen MR) is 39.8 cm³/mol. The van der Waals surface area contributed by atoms with Crippen molar-refractivity contribution in [2.24, 2.45) is 0 Å². The van der Waals surface area contributed by atoms with Crippen LogP contribution in [0.15, 0.2) is 18.3 Å². The van der Waals surface area contributed by atoms with Gasteiger partial charge in [0.1, 0.15) is 0 Å². The highest BCUT2D eigenvalue weighted by atomic mass is 16.5. The summed E-state index contributed by atoms with van der Waals surface area (Å²) in [4.78, 5) is 3.33. The summed E-state index contributed by atoms with van der Waals surface area (Å²) in [6.07, 6.45) is -0.625. The molecule has 0 atom stereocenters. The van der Waals surface area contributed by atoms with Crippen LogP contribution in [0.1, 0.15) is 17.8 Å². The Labute approximate surface area is 71.1 Å². The number of hydrogen-bond donors (Lipinski definition) is 1. The van der Waals surface area contributed by atoms with Crippen LogP contribution in [0.3, 0.4) is 0 Å². The van der Waals surface area contributed by atoms with Crippen molar-refractivity contribution in [3.05, 3.63) is 18.3 Å². The second-order valence-electron chi connectivity index (χ2n) is 1.40. The van der Waals surface area contributed by atoms with Crippen molar-refractivity contribution >= 4 is 5.69 Å². The van der Waals surface area contributed by atoms with Crippen molar-refractivity contribution in [1.29, 1.82) is 0 Å². The Bertz CT molecular complexity index is 471. The Morgan fingerprint density at radius 3 is 3.80 bits per heavy atom. The zero-order valence-corrected chi connectivity index (χ0v) is 4.93. The molecule has 0 bridgehead atoms. The van der Waals surface area contributed by atoms with Gasteiger partial charge in [0, 0.05) is 22.0 Å². The molecule has 3 heteroatoms. The predicted octanol–water partition coefficient (Wildman–Crippen LogP) is 1.06. The molecule has 0 saturated heterocycles. The molecule has 0 spiro atoms. The average Bonchev–Trinajstić information content (AvgIpc) is 2.21. The second kappa shape index (κ2) is 3.06. The van der Waals surface area contributed by atoms with Crippen molar-refractivity contribution in [2.75, 3.05) is 12.3 Å². The Kier molecular flexibility index (Phi) is 0.572. The minimum atomic E-state index is -3.09. The molecule has 1 rings (SSSR count). The highest BCUT2D eigenvalue weighted by Gasteiger charge is 1.91. The van der Waals surface area contributed by atoms with Gasteiger partial charge >= 0.3 is 0 Å². The zero-order valence-electron chi connectivity index (χ0n) is 12.9. The lowest BCUT2D eigenvalue weighted by molar-refractivity contribution is 0.327. The monoisotopic (exact) mass is 146 g/mol. The third-order valence-electron chi connectivity index (χ3n) is 0.737. The highest BCUT2D eigenvalue weighted by Crippen LogP contribution is 2.09. The van der Waals surface area contributed by atoms with E-state index in [9.17, 15) is 0 Å². The Hall–Kier alpha value is -1.25. The lowest BCUT2D eigenvalue weighted by Gasteiger charge is -2.00. The summed E-state index contributed by atoms with van der Waals surface area (Å²) in [6.45, 7) is -6.16. The number of aromatic nitrogens is 1. The van der Waals surface area contributed by atoms with E-state index >= 15 is 0 Å². The summed E-state index contributed by atoms with van der Waals surface area (Å²) < 4.78 is 61.7. The van der Waals surface area contributed by atoms with Gasteiger partial charge in [0.2, 0.25) is 5.88 Å². The van der Waals surface area contributed by atoms with Crippen LogP contribution < -0.4 is 10.5 Å². The third-order valence-corrected chi connectivity index (χ3v) is 0.737. The van der Waals surface area contributed by atoms with Gasteiger partial charge in [0.25, 0.3) is 0 Å². The van der Waals surface area contributed by atoms with Gasteiger partial charge in [0.05, 0.1) is 13.4 Å². The second-order valence-corrected chi connectivity index (χ2v) is 1.40. The van der Waals surface area contributed by atoms with Crippen LogP contribution in [-0.2, 0) is 0 Å². The molecule has 0 saturated carbocycles. The van der Waals surface area contributed by atoms with E-state index in [0.717, 1.165) is 0 Å². The Morgan fingerprint density at radius 2 is 3.00 bits per heavy atom. The average molecular weight is 146 g/mol. The lowest BCUT2D eigenvalue weighted by Crippen LogP contribution is -1.94. The van der Waals surface area contributed by atoms with Gasteiger partial charge in [0.15, 0.2) is 0 Å². The number of nitrogens with zero attached hydrogens (tertiary/aromatic N) is 1. The number of nitrogens with two attached hydrogens (primary N) is 1. The van der Waals surface area contributed by atoms with Gasteiger partial charge in [-0.25, -0.2) is 4.98 Å². The largest absolute Gasteiger partial charge is 0.478 e. The van der Waals surface area contributed by atoms with E-state index in [1.165, 1.54) is 0 Å². The van der Waals surface area contributed by atoms with E-state index in [1.807, 2.05) is 0 Å². The van der Waals surface area contributed by atoms with Gasteiger partial charge in [-0.15, -0.1) is 0 Å². The quantitative estimate of drug-likeness (QED) is 0.678. The van der Waals surface area contributed by atoms with Gasteiger partial charge in [-0.3, -0.25) is 0 Å². The van der Waals surface area contributed by atoms with E-state index in [-0.39, 0.29) is 0 Å². The van der Waals surface area contributed by atoms with E-state index in [0.29, 0.717) is 0 Å². The van der Waals surface area contributed by atoms with Crippen LogP contribution in [0.2, 0.25) is 0 Å². The fourth-order valence-corrected chi connectivity index (χ4v) is 0.410. The SMILES string of the molecule is [2H]c1nc(OC([2H])([2H])C([2H])([2H])[2H])c([2H])c(N)c1[2H]. The van der Waals surface area contributed by atoms with Gasteiger partial charge in [-0.1, -0.05) is 0 Å². The molecule has 0 fully saturated rings. The molecule has 1 heterocycles. The van der Waals surface area contributed by atoms with Crippen LogP contribution in [0.5, 0.6) is 5.88 Å².